The van der Waals surface area contributed by atoms with Gasteiger partial charge in [-0.1, -0.05) is 11.5 Å². The van der Waals surface area contributed by atoms with Crippen LogP contribution in [0.15, 0.2) is 18.2 Å². The molecule has 0 saturated carbocycles. The third-order valence-electron chi connectivity index (χ3n) is 1.45. The van der Waals surface area contributed by atoms with Gasteiger partial charge < -0.3 is 4.74 Å². The topological polar surface area (TPSA) is 9.23 Å². The molecule has 0 heterocycles. The molecular formula is C9H12BFO. The van der Waals surface area contributed by atoms with E-state index in [1.54, 1.807) is 6.07 Å². The van der Waals surface area contributed by atoms with Crippen LogP contribution in [0.1, 0.15) is 13.8 Å². The molecule has 0 aliphatic heterocycles. The summed E-state index contributed by atoms with van der Waals surface area (Å²) in [5.41, 5.74) is 0.906. The van der Waals surface area contributed by atoms with E-state index in [1.165, 1.54) is 6.07 Å². The molecule has 0 aliphatic carbocycles. The van der Waals surface area contributed by atoms with Crippen LogP contribution in [0, 0.1) is 5.82 Å². The smallest absolute Gasteiger partial charge is 0.164 e. The Labute approximate surface area is 73.0 Å². The maximum absolute atomic E-state index is 13.1. The van der Waals surface area contributed by atoms with Crippen LogP contribution in [-0.2, 0) is 0 Å². The zero-order chi connectivity index (χ0) is 9.14. The summed E-state index contributed by atoms with van der Waals surface area (Å²) in [5, 5.41) is 0. The molecule has 0 unspecified atom stereocenters. The quantitative estimate of drug-likeness (QED) is 0.592. The fraction of sp³-hybridized carbons (Fsp3) is 0.333. The molecule has 0 spiro atoms. The Balaban J connectivity index is 2.86. The Morgan fingerprint density at radius 1 is 1.42 bits per heavy atom. The summed E-state index contributed by atoms with van der Waals surface area (Å²) in [6.45, 7) is 3.75. The van der Waals surface area contributed by atoms with Crippen LogP contribution in [0.25, 0.3) is 0 Å². The van der Waals surface area contributed by atoms with Gasteiger partial charge in [-0.25, -0.2) is 4.39 Å². The van der Waals surface area contributed by atoms with Gasteiger partial charge in [0.25, 0.3) is 0 Å². The summed E-state index contributed by atoms with van der Waals surface area (Å²) < 4.78 is 18.3. The van der Waals surface area contributed by atoms with Crippen molar-refractivity contribution in [3.63, 3.8) is 0 Å². The van der Waals surface area contributed by atoms with Gasteiger partial charge in [-0.3, -0.25) is 0 Å². The second-order valence-electron chi connectivity index (χ2n) is 3.10. The number of hydrogen-bond acceptors (Lipinski definition) is 1. The SMILES string of the molecule is Bc1ccc(OC(C)C)c(F)c1. The summed E-state index contributed by atoms with van der Waals surface area (Å²) >= 11 is 0. The first-order valence-corrected chi connectivity index (χ1v) is 4.02. The molecule has 0 bridgehead atoms. The Morgan fingerprint density at radius 2 is 2.08 bits per heavy atom. The van der Waals surface area contributed by atoms with Gasteiger partial charge in [0.15, 0.2) is 11.6 Å². The van der Waals surface area contributed by atoms with E-state index in [-0.39, 0.29) is 11.9 Å². The second-order valence-corrected chi connectivity index (χ2v) is 3.10. The number of benzene rings is 1. The highest BCUT2D eigenvalue weighted by Gasteiger charge is 2.03. The highest BCUT2D eigenvalue weighted by Crippen LogP contribution is 2.15. The van der Waals surface area contributed by atoms with E-state index in [1.807, 2.05) is 27.8 Å². The zero-order valence-electron chi connectivity index (χ0n) is 7.60. The van der Waals surface area contributed by atoms with E-state index >= 15 is 0 Å². The predicted octanol–water partition coefficient (Wildman–Crippen LogP) is 0.871. The molecule has 1 rings (SSSR count). The van der Waals surface area contributed by atoms with E-state index < -0.39 is 0 Å². The van der Waals surface area contributed by atoms with Gasteiger partial charge in [-0.05, 0) is 26.0 Å². The highest BCUT2D eigenvalue weighted by molar-refractivity contribution is 6.32. The standard InChI is InChI=1S/C9H12BFO/c1-6(2)12-9-4-3-7(10)5-8(9)11/h3-6H,10H2,1-2H3. The summed E-state index contributed by atoms with van der Waals surface area (Å²) in [5.74, 6) is 0.0410. The molecule has 64 valence electrons. The lowest BCUT2D eigenvalue weighted by Crippen LogP contribution is -2.09. The van der Waals surface area contributed by atoms with Crippen molar-refractivity contribution in [1.82, 2.24) is 0 Å². The summed E-state index contributed by atoms with van der Waals surface area (Å²) in [6.07, 6.45) is 0.0159. The van der Waals surface area contributed by atoms with Crippen molar-refractivity contribution in [2.45, 2.75) is 20.0 Å². The van der Waals surface area contributed by atoms with Crippen molar-refractivity contribution >= 4 is 13.3 Å². The Hall–Kier alpha value is -0.985. The monoisotopic (exact) mass is 166 g/mol. The lowest BCUT2D eigenvalue weighted by Gasteiger charge is -2.10. The van der Waals surface area contributed by atoms with Crippen LogP contribution in [0.3, 0.4) is 0 Å². The molecular weight excluding hydrogens is 154 g/mol. The van der Waals surface area contributed by atoms with E-state index in [0.717, 1.165) is 5.46 Å². The maximum atomic E-state index is 13.1. The molecule has 0 fully saturated rings. The van der Waals surface area contributed by atoms with Gasteiger partial charge in [-0.2, -0.15) is 0 Å². The molecule has 3 heteroatoms. The lowest BCUT2D eigenvalue weighted by molar-refractivity contribution is 0.231. The van der Waals surface area contributed by atoms with E-state index in [0.29, 0.717) is 5.75 Å². The van der Waals surface area contributed by atoms with Crippen molar-refractivity contribution in [3.8, 4) is 5.75 Å². The van der Waals surface area contributed by atoms with Crippen molar-refractivity contribution in [3.05, 3.63) is 24.0 Å². The van der Waals surface area contributed by atoms with Crippen molar-refractivity contribution in [2.24, 2.45) is 0 Å². The van der Waals surface area contributed by atoms with Crippen LogP contribution < -0.4 is 10.2 Å². The third kappa shape index (κ3) is 2.26. The molecule has 12 heavy (non-hydrogen) atoms. The number of ether oxygens (including phenoxy) is 1. The third-order valence-corrected chi connectivity index (χ3v) is 1.45. The number of halogens is 1. The molecule has 1 nitrogen and oxygen atoms in total. The van der Waals surface area contributed by atoms with Crippen molar-refractivity contribution < 1.29 is 9.13 Å². The van der Waals surface area contributed by atoms with Gasteiger partial charge in [0.1, 0.15) is 7.85 Å². The first kappa shape index (κ1) is 9.11. The fourth-order valence-corrected chi connectivity index (χ4v) is 0.955. The maximum Gasteiger partial charge on any atom is 0.164 e. The van der Waals surface area contributed by atoms with E-state index in [2.05, 4.69) is 0 Å². The fourth-order valence-electron chi connectivity index (χ4n) is 0.955. The van der Waals surface area contributed by atoms with Crippen LogP contribution in [0.2, 0.25) is 0 Å². The van der Waals surface area contributed by atoms with Crippen LogP contribution in [-0.4, -0.2) is 14.0 Å². The van der Waals surface area contributed by atoms with Crippen LogP contribution in [0.5, 0.6) is 5.75 Å². The minimum absolute atomic E-state index is 0.0159. The van der Waals surface area contributed by atoms with E-state index in [9.17, 15) is 4.39 Å². The van der Waals surface area contributed by atoms with Crippen LogP contribution >= 0.6 is 0 Å². The predicted molar refractivity (Wildman–Crippen MR) is 50.3 cm³/mol. The van der Waals surface area contributed by atoms with Gasteiger partial charge in [0.2, 0.25) is 0 Å². The van der Waals surface area contributed by atoms with Crippen LogP contribution in [0.4, 0.5) is 4.39 Å². The molecule has 1 aromatic carbocycles. The Kier molecular flexibility index (Phi) is 2.74. The number of hydrogen-bond donors (Lipinski definition) is 0. The largest absolute Gasteiger partial charge is 0.488 e. The average Bonchev–Trinajstić information content (AvgIpc) is 1.94. The summed E-state index contributed by atoms with van der Waals surface area (Å²) in [6, 6.07) is 4.96. The van der Waals surface area contributed by atoms with Crippen molar-refractivity contribution in [2.75, 3.05) is 0 Å². The molecule has 1 aromatic rings. The average molecular weight is 166 g/mol. The molecule has 0 amide bonds. The van der Waals surface area contributed by atoms with Crippen molar-refractivity contribution in [1.29, 1.82) is 0 Å². The molecule has 0 aliphatic rings. The molecule has 0 radical (unpaired) electrons. The minimum atomic E-state index is -0.288. The van der Waals surface area contributed by atoms with Gasteiger partial charge >= 0.3 is 0 Å². The number of rotatable bonds is 2. The first-order valence-electron chi connectivity index (χ1n) is 4.02. The lowest BCUT2D eigenvalue weighted by atomic mass is 9.96. The Morgan fingerprint density at radius 3 is 2.58 bits per heavy atom. The normalized spacial score (nSPS) is 10.3. The summed E-state index contributed by atoms with van der Waals surface area (Å²) in [4.78, 5) is 0. The Bertz CT molecular complexity index is 273. The molecule has 0 atom stereocenters. The van der Waals surface area contributed by atoms with Gasteiger partial charge in [0, 0.05) is 0 Å². The zero-order valence-corrected chi connectivity index (χ0v) is 7.60. The van der Waals surface area contributed by atoms with E-state index in [4.69, 9.17) is 4.74 Å². The van der Waals surface area contributed by atoms with Gasteiger partial charge in [-0.15, -0.1) is 0 Å². The van der Waals surface area contributed by atoms with Gasteiger partial charge in [0.05, 0.1) is 6.10 Å². The second kappa shape index (κ2) is 3.61. The molecule has 0 saturated heterocycles. The minimum Gasteiger partial charge on any atom is -0.488 e. The first-order chi connectivity index (χ1) is 5.59. The molecule has 0 aromatic heterocycles. The summed E-state index contributed by atoms with van der Waals surface area (Å²) in [7, 11) is 1.85. The molecule has 0 N–H and O–H groups in total. The highest BCUT2D eigenvalue weighted by atomic mass is 19.1.